The Morgan fingerprint density at radius 3 is 2.78 bits per heavy atom. The lowest BCUT2D eigenvalue weighted by Gasteiger charge is -2.15. The number of benzene rings is 1. The summed E-state index contributed by atoms with van der Waals surface area (Å²) in [5, 5.41) is 25.5. The molecule has 0 saturated heterocycles. The van der Waals surface area contributed by atoms with Crippen LogP contribution < -0.4 is 15.4 Å². The summed E-state index contributed by atoms with van der Waals surface area (Å²) < 4.78 is 7.72. The molecule has 2 aromatic heterocycles. The summed E-state index contributed by atoms with van der Waals surface area (Å²) in [6, 6.07) is 13.4. The number of aromatic nitrogens is 3. The van der Waals surface area contributed by atoms with Gasteiger partial charge in [-0.25, -0.2) is 0 Å². The summed E-state index contributed by atoms with van der Waals surface area (Å²) in [6.07, 6.45) is 3.06. The maximum atomic E-state index is 10.6. The van der Waals surface area contributed by atoms with Gasteiger partial charge < -0.3 is 20.5 Å². The summed E-state index contributed by atoms with van der Waals surface area (Å²) >= 11 is 0. The van der Waals surface area contributed by atoms with E-state index >= 15 is 0 Å². The van der Waals surface area contributed by atoms with E-state index in [1.807, 2.05) is 73.8 Å². The Labute approximate surface area is 206 Å². The number of pyridine rings is 1. The van der Waals surface area contributed by atoms with E-state index in [2.05, 4.69) is 25.8 Å². The molecule has 2 heterocycles. The first-order valence-electron chi connectivity index (χ1n) is 10.8. The van der Waals surface area contributed by atoms with Gasteiger partial charge >= 0.3 is 0 Å². The van der Waals surface area contributed by atoms with Crippen LogP contribution in [0.15, 0.2) is 53.7 Å². The zero-order valence-electron chi connectivity index (χ0n) is 18.9. The standard InChI is InChI=1S/C23H32N6O2.HI/c1-4-24-23(25-13-8-12-22-28-27-21-11-5-6-14-29(21)22)26-16-20(30)18-9-7-10-19(15-18)31-17(2)3;/h5-7,9-11,14-15,17,20,30H,4,8,12-13,16H2,1-3H3,(H2,24,25,26);1H. The average molecular weight is 552 g/mol. The van der Waals surface area contributed by atoms with Gasteiger partial charge in [0.1, 0.15) is 11.6 Å². The molecule has 0 aliphatic heterocycles. The Kier molecular flexibility index (Phi) is 10.7. The van der Waals surface area contributed by atoms with Gasteiger partial charge in [0.15, 0.2) is 11.6 Å². The summed E-state index contributed by atoms with van der Waals surface area (Å²) in [4.78, 5) is 4.54. The van der Waals surface area contributed by atoms with Gasteiger partial charge in [0.2, 0.25) is 0 Å². The van der Waals surface area contributed by atoms with Crippen molar-refractivity contribution in [2.45, 2.75) is 45.8 Å². The Morgan fingerprint density at radius 2 is 2.00 bits per heavy atom. The number of hydrogen-bond acceptors (Lipinski definition) is 5. The number of guanidine groups is 1. The monoisotopic (exact) mass is 552 g/mol. The Hall–Kier alpha value is -2.40. The minimum atomic E-state index is -0.700. The van der Waals surface area contributed by atoms with Gasteiger partial charge in [0.25, 0.3) is 0 Å². The SMILES string of the molecule is CCNC(=NCC(O)c1cccc(OC(C)C)c1)NCCCc1nnc2ccccn12.I. The van der Waals surface area contributed by atoms with E-state index in [-0.39, 0.29) is 36.6 Å². The van der Waals surface area contributed by atoms with Crippen molar-refractivity contribution in [1.82, 2.24) is 25.2 Å². The van der Waals surface area contributed by atoms with Gasteiger partial charge in [-0.15, -0.1) is 34.2 Å². The number of aryl methyl sites for hydroxylation is 1. The number of ether oxygens (including phenoxy) is 1. The molecule has 0 aliphatic rings. The topological polar surface area (TPSA) is 96.1 Å². The molecule has 32 heavy (non-hydrogen) atoms. The van der Waals surface area contributed by atoms with Crippen LogP contribution in [0.5, 0.6) is 5.75 Å². The fourth-order valence-electron chi connectivity index (χ4n) is 3.21. The molecule has 0 fully saturated rings. The minimum Gasteiger partial charge on any atom is -0.491 e. The van der Waals surface area contributed by atoms with Gasteiger partial charge in [-0.2, -0.15) is 0 Å². The number of nitrogens with zero attached hydrogens (tertiary/aromatic N) is 4. The van der Waals surface area contributed by atoms with E-state index in [1.54, 1.807) is 0 Å². The molecular formula is C23H33IN6O2. The number of fused-ring (bicyclic) bond motifs is 1. The Bertz CT molecular complexity index is 991. The predicted molar refractivity (Wildman–Crippen MR) is 138 cm³/mol. The van der Waals surface area contributed by atoms with Crippen molar-refractivity contribution < 1.29 is 9.84 Å². The Morgan fingerprint density at radius 1 is 1.16 bits per heavy atom. The van der Waals surface area contributed by atoms with Crippen LogP contribution in [0.1, 0.15) is 44.7 Å². The van der Waals surface area contributed by atoms with Gasteiger partial charge in [-0.05, 0) is 57.0 Å². The van der Waals surface area contributed by atoms with Crippen LogP contribution in [-0.2, 0) is 6.42 Å². The number of nitrogens with one attached hydrogen (secondary N) is 2. The second-order valence-electron chi connectivity index (χ2n) is 7.55. The van der Waals surface area contributed by atoms with Gasteiger partial charge in [0, 0.05) is 25.7 Å². The smallest absolute Gasteiger partial charge is 0.191 e. The second kappa shape index (κ2) is 13.2. The zero-order chi connectivity index (χ0) is 22.1. The van der Waals surface area contributed by atoms with Crippen molar-refractivity contribution in [3.05, 3.63) is 60.0 Å². The predicted octanol–water partition coefficient (Wildman–Crippen LogP) is 3.36. The van der Waals surface area contributed by atoms with E-state index in [1.165, 1.54) is 0 Å². The quantitative estimate of drug-likeness (QED) is 0.155. The van der Waals surface area contributed by atoms with Crippen LogP contribution in [0.4, 0.5) is 0 Å². The van der Waals surface area contributed by atoms with Gasteiger partial charge in [-0.1, -0.05) is 18.2 Å². The molecular weight excluding hydrogens is 519 g/mol. The maximum absolute atomic E-state index is 10.6. The molecule has 0 saturated carbocycles. The molecule has 0 bridgehead atoms. The summed E-state index contributed by atoms with van der Waals surface area (Å²) in [5.41, 5.74) is 1.65. The third kappa shape index (κ3) is 7.63. The van der Waals surface area contributed by atoms with Crippen LogP contribution in [0, 0.1) is 0 Å². The van der Waals surface area contributed by atoms with Crippen LogP contribution >= 0.6 is 24.0 Å². The molecule has 9 heteroatoms. The molecule has 174 valence electrons. The van der Waals surface area contributed by atoms with Crippen LogP contribution in [0.25, 0.3) is 5.65 Å². The van der Waals surface area contributed by atoms with Crippen molar-refractivity contribution >= 4 is 35.6 Å². The van der Waals surface area contributed by atoms with E-state index < -0.39 is 6.10 Å². The number of aliphatic imine (C=N–C) groups is 1. The number of hydrogen-bond donors (Lipinski definition) is 3. The normalized spacial score (nSPS) is 12.5. The van der Waals surface area contributed by atoms with Crippen molar-refractivity contribution in [2.75, 3.05) is 19.6 Å². The first-order valence-corrected chi connectivity index (χ1v) is 10.8. The summed E-state index contributed by atoms with van der Waals surface area (Å²) in [7, 11) is 0. The highest BCUT2D eigenvalue weighted by molar-refractivity contribution is 14.0. The lowest BCUT2D eigenvalue weighted by Crippen LogP contribution is -2.38. The van der Waals surface area contributed by atoms with E-state index in [9.17, 15) is 5.11 Å². The fraction of sp³-hybridized carbons (Fsp3) is 0.435. The van der Waals surface area contributed by atoms with E-state index in [0.717, 1.165) is 48.7 Å². The molecule has 1 aromatic carbocycles. The summed E-state index contributed by atoms with van der Waals surface area (Å²) in [5.74, 6) is 2.38. The average Bonchev–Trinajstić information content (AvgIpc) is 3.17. The fourth-order valence-corrected chi connectivity index (χ4v) is 3.21. The largest absolute Gasteiger partial charge is 0.491 e. The second-order valence-corrected chi connectivity index (χ2v) is 7.55. The number of rotatable bonds is 10. The van der Waals surface area contributed by atoms with E-state index in [0.29, 0.717) is 5.96 Å². The molecule has 0 aliphatic carbocycles. The van der Waals surface area contributed by atoms with Gasteiger partial charge in [-0.3, -0.25) is 9.39 Å². The highest BCUT2D eigenvalue weighted by atomic mass is 127. The van der Waals surface area contributed by atoms with E-state index in [4.69, 9.17) is 4.74 Å². The molecule has 3 aromatic rings. The number of aliphatic hydroxyl groups is 1. The molecule has 8 nitrogen and oxygen atoms in total. The maximum Gasteiger partial charge on any atom is 0.191 e. The van der Waals surface area contributed by atoms with Crippen LogP contribution in [-0.4, -0.2) is 51.4 Å². The number of aliphatic hydroxyl groups excluding tert-OH is 1. The first kappa shape index (κ1) is 25.9. The lowest BCUT2D eigenvalue weighted by atomic mass is 10.1. The third-order valence-electron chi connectivity index (χ3n) is 4.64. The van der Waals surface area contributed by atoms with Crippen molar-refractivity contribution in [2.24, 2.45) is 4.99 Å². The molecule has 1 atom stereocenters. The third-order valence-corrected chi connectivity index (χ3v) is 4.64. The molecule has 0 amide bonds. The molecule has 3 rings (SSSR count). The lowest BCUT2D eigenvalue weighted by molar-refractivity contribution is 0.185. The molecule has 0 spiro atoms. The molecule has 3 N–H and O–H groups in total. The number of halogens is 1. The first-order chi connectivity index (χ1) is 15.1. The van der Waals surface area contributed by atoms with Crippen molar-refractivity contribution in [3.8, 4) is 5.75 Å². The summed E-state index contributed by atoms with van der Waals surface area (Å²) in [6.45, 7) is 7.72. The molecule has 1 unspecified atom stereocenters. The zero-order valence-corrected chi connectivity index (χ0v) is 21.2. The highest BCUT2D eigenvalue weighted by Crippen LogP contribution is 2.20. The molecule has 0 radical (unpaired) electrons. The minimum absolute atomic E-state index is 0. The van der Waals surface area contributed by atoms with Crippen LogP contribution in [0.3, 0.4) is 0 Å². The Balaban J connectivity index is 0.00000363. The van der Waals surface area contributed by atoms with Crippen molar-refractivity contribution in [1.29, 1.82) is 0 Å². The van der Waals surface area contributed by atoms with Crippen molar-refractivity contribution in [3.63, 3.8) is 0 Å². The van der Waals surface area contributed by atoms with Gasteiger partial charge in [0.05, 0.1) is 18.8 Å². The van der Waals surface area contributed by atoms with Crippen LogP contribution in [0.2, 0.25) is 0 Å². The highest BCUT2D eigenvalue weighted by Gasteiger charge is 2.10.